The van der Waals surface area contributed by atoms with Crippen molar-refractivity contribution in [3.63, 3.8) is 0 Å². The zero-order chi connectivity index (χ0) is 25.8. The normalized spacial score (nSPS) is 16.6. The maximum absolute atomic E-state index is 13.2. The van der Waals surface area contributed by atoms with Crippen LogP contribution < -0.4 is 9.64 Å². The molecule has 2 N–H and O–H groups in total. The number of methoxy groups -OCH3 is 1. The summed E-state index contributed by atoms with van der Waals surface area (Å²) in [5.41, 5.74) is 1.34. The van der Waals surface area contributed by atoms with Crippen LogP contribution in [0.5, 0.6) is 5.75 Å². The number of ketones is 1. The van der Waals surface area contributed by atoms with Gasteiger partial charge in [0.2, 0.25) is 0 Å². The number of esters is 1. The first kappa shape index (κ1) is 24.2. The molecule has 4 rings (SSSR count). The molecule has 0 aliphatic carbocycles. The Balaban J connectivity index is 1.82. The Kier molecular flexibility index (Phi) is 6.82. The van der Waals surface area contributed by atoms with E-state index in [4.69, 9.17) is 14.6 Å². The van der Waals surface area contributed by atoms with Gasteiger partial charge in [0.15, 0.2) is 6.61 Å². The molecule has 1 saturated heterocycles. The molecule has 1 amide bonds. The van der Waals surface area contributed by atoms with Crippen molar-refractivity contribution in [2.45, 2.75) is 6.04 Å². The third-order valence-electron chi connectivity index (χ3n) is 5.62. The molecule has 0 unspecified atom stereocenters. The first-order valence-corrected chi connectivity index (χ1v) is 10.8. The van der Waals surface area contributed by atoms with E-state index in [-0.39, 0.29) is 22.6 Å². The molecule has 182 valence electrons. The number of carboxylic acids is 1. The van der Waals surface area contributed by atoms with Crippen LogP contribution in [0.4, 0.5) is 5.69 Å². The maximum Gasteiger partial charge on any atom is 0.341 e. The molecule has 0 saturated carbocycles. The van der Waals surface area contributed by atoms with E-state index in [0.29, 0.717) is 16.8 Å². The van der Waals surface area contributed by atoms with Crippen molar-refractivity contribution in [1.29, 1.82) is 0 Å². The molecule has 0 spiro atoms. The standard InChI is InChI=1S/C27H21NO8/c1-35-27(34)18-9-7-16(8-10-18)23-22(24(31)17-5-3-2-4-6-17)25(32)26(33)28(23)19-11-13-20(14-12-19)36-15-21(29)30/h2-14,23,31H,15H2,1H3,(H,29,30)/t23-/m1/s1. The number of aliphatic carboxylic acids is 1. The molecular weight excluding hydrogens is 466 g/mol. The molecule has 9 heteroatoms. The first-order valence-electron chi connectivity index (χ1n) is 10.8. The van der Waals surface area contributed by atoms with Gasteiger partial charge in [0.05, 0.1) is 24.3 Å². The molecule has 0 aromatic heterocycles. The van der Waals surface area contributed by atoms with Crippen molar-refractivity contribution in [2.75, 3.05) is 18.6 Å². The lowest BCUT2D eigenvalue weighted by molar-refractivity contribution is -0.139. The van der Waals surface area contributed by atoms with Crippen LogP contribution in [-0.4, -0.2) is 47.6 Å². The molecule has 1 aliphatic heterocycles. The lowest BCUT2D eigenvalue weighted by Gasteiger charge is -2.25. The summed E-state index contributed by atoms with van der Waals surface area (Å²) in [6, 6.07) is 19.6. The zero-order valence-electron chi connectivity index (χ0n) is 19.1. The number of carbonyl (C=O) groups excluding carboxylic acids is 3. The predicted octanol–water partition coefficient (Wildman–Crippen LogP) is 3.56. The third kappa shape index (κ3) is 4.67. The number of aliphatic hydroxyl groups is 1. The van der Waals surface area contributed by atoms with Crippen LogP contribution in [0.3, 0.4) is 0 Å². The molecule has 3 aromatic rings. The number of benzene rings is 3. The van der Waals surface area contributed by atoms with Crippen LogP contribution >= 0.6 is 0 Å². The minimum atomic E-state index is -1.14. The summed E-state index contributed by atoms with van der Waals surface area (Å²) in [5.74, 6) is -3.47. The number of hydrogen-bond acceptors (Lipinski definition) is 7. The Morgan fingerprint density at radius 3 is 2.08 bits per heavy atom. The third-order valence-corrected chi connectivity index (χ3v) is 5.62. The summed E-state index contributed by atoms with van der Waals surface area (Å²) in [6.07, 6.45) is 0. The first-order chi connectivity index (χ1) is 17.3. The predicted molar refractivity (Wildman–Crippen MR) is 129 cm³/mol. The SMILES string of the molecule is COC(=O)c1ccc([C@@H]2C(=C(O)c3ccccc3)C(=O)C(=O)N2c2ccc(OCC(=O)O)cc2)cc1. The Hall–Kier alpha value is -4.92. The number of anilines is 1. The van der Waals surface area contributed by atoms with Gasteiger partial charge in [-0.2, -0.15) is 0 Å². The number of Topliss-reactive ketones (excluding diaryl/α,β-unsaturated/α-hetero) is 1. The average molecular weight is 487 g/mol. The van der Waals surface area contributed by atoms with E-state index in [1.807, 2.05) is 0 Å². The second-order valence-corrected chi connectivity index (χ2v) is 7.83. The van der Waals surface area contributed by atoms with Crippen LogP contribution in [0.2, 0.25) is 0 Å². The summed E-state index contributed by atoms with van der Waals surface area (Å²) >= 11 is 0. The van der Waals surface area contributed by atoms with Gasteiger partial charge in [-0.15, -0.1) is 0 Å². The number of amides is 1. The smallest absolute Gasteiger partial charge is 0.341 e. The summed E-state index contributed by atoms with van der Waals surface area (Å²) in [4.78, 5) is 50.3. The highest BCUT2D eigenvalue weighted by Gasteiger charge is 2.47. The van der Waals surface area contributed by atoms with Crippen molar-refractivity contribution in [2.24, 2.45) is 0 Å². The summed E-state index contributed by atoms with van der Waals surface area (Å²) < 4.78 is 9.88. The van der Waals surface area contributed by atoms with Crippen LogP contribution in [-0.2, 0) is 19.1 Å². The molecule has 0 radical (unpaired) electrons. The topological polar surface area (TPSA) is 130 Å². The minimum Gasteiger partial charge on any atom is -0.507 e. The van der Waals surface area contributed by atoms with E-state index in [1.165, 1.54) is 48.4 Å². The van der Waals surface area contributed by atoms with Gasteiger partial charge in [-0.05, 0) is 42.0 Å². The Morgan fingerprint density at radius 1 is 0.861 bits per heavy atom. The van der Waals surface area contributed by atoms with Crippen LogP contribution in [0.1, 0.15) is 27.5 Å². The number of nitrogens with zero attached hydrogens (tertiary/aromatic N) is 1. The zero-order valence-corrected chi connectivity index (χ0v) is 19.1. The number of ether oxygens (including phenoxy) is 2. The van der Waals surface area contributed by atoms with E-state index >= 15 is 0 Å². The Morgan fingerprint density at radius 2 is 1.50 bits per heavy atom. The molecule has 0 bridgehead atoms. The number of carboxylic acid groups (broad SMARTS) is 1. The second-order valence-electron chi connectivity index (χ2n) is 7.83. The minimum absolute atomic E-state index is 0.108. The second kappa shape index (κ2) is 10.1. The van der Waals surface area contributed by atoms with Gasteiger partial charge in [-0.1, -0.05) is 42.5 Å². The van der Waals surface area contributed by atoms with Gasteiger partial charge < -0.3 is 19.7 Å². The molecule has 1 aliphatic rings. The average Bonchev–Trinajstić information content (AvgIpc) is 3.17. The van der Waals surface area contributed by atoms with E-state index < -0.39 is 36.3 Å². The highest BCUT2D eigenvalue weighted by atomic mass is 16.5. The fraction of sp³-hybridized carbons (Fsp3) is 0.111. The van der Waals surface area contributed by atoms with Crippen molar-refractivity contribution < 1.29 is 38.9 Å². The fourth-order valence-corrected chi connectivity index (χ4v) is 3.93. The molecule has 3 aromatic carbocycles. The Labute approximate surface area is 205 Å². The molecule has 1 heterocycles. The molecule has 9 nitrogen and oxygen atoms in total. The van der Waals surface area contributed by atoms with E-state index in [2.05, 4.69) is 0 Å². The Bertz CT molecular complexity index is 1340. The van der Waals surface area contributed by atoms with Gasteiger partial charge in [0.1, 0.15) is 11.5 Å². The number of hydrogen-bond donors (Lipinski definition) is 2. The van der Waals surface area contributed by atoms with Gasteiger partial charge in [0.25, 0.3) is 11.7 Å². The fourth-order valence-electron chi connectivity index (χ4n) is 3.93. The lowest BCUT2D eigenvalue weighted by Crippen LogP contribution is -2.29. The number of aliphatic hydroxyl groups excluding tert-OH is 1. The molecule has 1 fully saturated rings. The lowest BCUT2D eigenvalue weighted by atomic mass is 9.94. The van der Waals surface area contributed by atoms with E-state index in [9.17, 15) is 24.3 Å². The van der Waals surface area contributed by atoms with Crippen LogP contribution in [0.15, 0.2) is 84.4 Å². The monoisotopic (exact) mass is 487 g/mol. The highest BCUT2D eigenvalue weighted by Crippen LogP contribution is 2.42. The molecule has 1 atom stereocenters. The summed E-state index contributed by atoms with van der Waals surface area (Å²) in [5, 5.41) is 19.9. The quantitative estimate of drug-likeness (QED) is 0.224. The maximum atomic E-state index is 13.2. The van der Waals surface area contributed by atoms with Crippen molar-refractivity contribution in [3.8, 4) is 5.75 Å². The van der Waals surface area contributed by atoms with Gasteiger partial charge in [0, 0.05) is 11.3 Å². The van der Waals surface area contributed by atoms with Crippen molar-refractivity contribution in [3.05, 3.63) is 101 Å². The number of rotatable bonds is 7. The van der Waals surface area contributed by atoms with Crippen molar-refractivity contribution in [1.82, 2.24) is 0 Å². The van der Waals surface area contributed by atoms with Crippen molar-refractivity contribution >= 4 is 35.1 Å². The molecule has 36 heavy (non-hydrogen) atoms. The largest absolute Gasteiger partial charge is 0.507 e. The van der Waals surface area contributed by atoms with Crippen LogP contribution in [0.25, 0.3) is 5.76 Å². The van der Waals surface area contributed by atoms with Gasteiger partial charge in [-0.25, -0.2) is 9.59 Å². The van der Waals surface area contributed by atoms with Gasteiger partial charge in [-0.3, -0.25) is 14.5 Å². The van der Waals surface area contributed by atoms with E-state index in [1.54, 1.807) is 42.5 Å². The van der Waals surface area contributed by atoms with Gasteiger partial charge >= 0.3 is 11.9 Å². The molecular formula is C27H21NO8. The van der Waals surface area contributed by atoms with Crippen LogP contribution in [0, 0.1) is 0 Å². The summed E-state index contributed by atoms with van der Waals surface area (Å²) in [6.45, 7) is -0.534. The summed E-state index contributed by atoms with van der Waals surface area (Å²) in [7, 11) is 1.26. The number of carbonyl (C=O) groups is 4. The van der Waals surface area contributed by atoms with E-state index in [0.717, 1.165) is 0 Å². The highest BCUT2D eigenvalue weighted by molar-refractivity contribution is 6.51.